The average Bonchev–Trinajstić information content (AvgIpc) is 2.89. The molecule has 0 radical (unpaired) electrons. The summed E-state index contributed by atoms with van der Waals surface area (Å²) in [5, 5.41) is 2.86. The molecule has 0 saturated carbocycles. The summed E-state index contributed by atoms with van der Waals surface area (Å²) in [5.74, 6) is 0.490. The number of rotatable bonds is 4. The van der Waals surface area contributed by atoms with Crippen LogP contribution in [0.5, 0.6) is 0 Å². The first kappa shape index (κ1) is 11.0. The third-order valence-corrected chi connectivity index (χ3v) is 2.81. The van der Waals surface area contributed by atoms with Crippen LogP contribution in [0.4, 0.5) is 5.69 Å². The fourth-order valence-corrected chi connectivity index (χ4v) is 1.84. The molecule has 1 atom stereocenters. The molecule has 1 saturated heterocycles. The van der Waals surface area contributed by atoms with Crippen LogP contribution in [0, 0.1) is 5.92 Å². The van der Waals surface area contributed by atoms with Crippen LogP contribution in [0.3, 0.4) is 0 Å². The van der Waals surface area contributed by atoms with E-state index >= 15 is 0 Å². The molecule has 1 aliphatic rings. The molecule has 2 rings (SSSR count). The molecule has 0 aromatic carbocycles. The Bertz CT molecular complexity index is 356. The minimum Gasteiger partial charge on any atom is -0.397 e. The number of amides is 1. The van der Waals surface area contributed by atoms with Crippen molar-refractivity contribution in [3.05, 3.63) is 18.0 Å². The van der Waals surface area contributed by atoms with Crippen LogP contribution >= 0.6 is 0 Å². The number of hydrogen-bond donors (Lipinski definition) is 3. The van der Waals surface area contributed by atoms with Crippen LogP contribution in [-0.4, -0.2) is 30.6 Å². The van der Waals surface area contributed by atoms with Crippen LogP contribution in [-0.2, 0) is 4.74 Å². The number of aromatic nitrogens is 1. The van der Waals surface area contributed by atoms with Crippen molar-refractivity contribution in [2.24, 2.45) is 5.92 Å². The van der Waals surface area contributed by atoms with E-state index in [2.05, 4.69) is 10.3 Å². The first-order valence-electron chi connectivity index (χ1n) is 5.55. The lowest BCUT2D eigenvalue weighted by molar-refractivity contribution is 0.0946. The number of carbonyl (C=O) groups is 1. The third kappa shape index (κ3) is 2.76. The highest BCUT2D eigenvalue weighted by molar-refractivity contribution is 5.93. The Morgan fingerprint density at radius 2 is 2.56 bits per heavy atom. The van der Waals surface area contributed by atoms with Gasteiger partial charge in [-0.15, -0.1) is 0 Å². The van der Waals surface area contributed by atoms with Gasteiger partial charge in [-0.1, -0.05) is 0 Å². The maximum Gasteiger partial charge on any atom is 0.267 e. The van der Waals surface area contributed by atoms with Crippen molar-refractivity contribution in [2.75, 3.05) is 25.5 Å². The van der Waals surface area contributed by atoms with Gasteiger partial charge in [-0.3, -0.25) is 4.79 Å². The Morgan fingerprint density at radius 1 is 1.69 bits per heavy atom. The first-order valence-corrected chi connectivity index (χ1v) is 5.55. The summed E-state index contributed by atoms with van der Waals surface area (Å²) in [6.45, 7) is 2.36. The normalized spacial score (nSPS) is 19.9. The van der Waals surface area contributed by atoms with Crippen molar-refractivity contribution >= 4 is 11.6 Å². The van der Waals surface area contributed by atoms with E-state index in [1.54, 1.807) is 12.3 Å². The number of aromatic amines is 1. The van der Waals surface area contributed by atoms with Crippen molar-refractivity contribution in [2.45, 2.75) is 12.8 Å². The van der Waals surface area contributed by atoms with Crippen molar-refractivity contribution < 1.29 is 9.53 Å². The number of carbonyl (C=O) groups excluding carboxylic acids is 1. The molecule has 88 valence electrons. The second-order valence-electron chi connectivity index (χ2n) is 4.12. The largest absolute Gasteiger partial charge is 0.397 e. The SMILES string of the molecule is Nc1c[nH]c(C(=O)NCCC2CCOC2)c1. The minimum atomic E-state index is -0.101. The smallest absolute Gasteiger partial charge is 0.267 e. The maximum atomic E-state index is 11.6. The first-order chi connectivity index (χ1) is 7.75. The van der Waals surface area contributed by atoms with E-state index in [9.17, 15) is 4.79 Å². The van der Waals surface area contributed by atoms with Crippen molar-refractivity contribution in [3.8, 4) is 0 Å². The topological polar surface area (TPSA) is 80.1 Å². The van der Waals surface area contributed by atoms with Crippen molar-refractivity contribution in [1.82, 2.24) is 10.3 Å². The standard InChI is InChI=1S/C11H17N3O2/c12-9-5-10(14-6-9)11(15)13-3-1-8-2-4-16-7-8/h5-6,8,14H,1-4,7,12H2,(H,13,15). The second-order valence-corrected chi connectivity index (χ2v) is 4.12. The van der Waals surface area contributed by atoms with Crippen LogP contribution in [0.1, 0.15) is 23.3 Å². The Balaban J connectivity index is 1.71. The Morgan fingerprint density at radius 3 is 3.19 bits per heavy atom. The van der Waals surface area contributed by atoms with Crippen molar-refractivity contribution in [3.63, 3.8) is 0 Å². The zero-order valence-electron chi connectivity index (χ0n) is 9.16. The lowest BCUT2D eigenvalue weighted by atomic mass is 10.1. The van der Waals surface area contributed by atoms with Crippen molar-refractivity contribution in [1.29, 1.82) is 0 Å². The van der Waals surface area contributed by atoms with E-state index in [-0.39, 0.29) is 5.91 Å². The molecule has 0 bridgehead atoms. The summed E-state index contributed by atoms with van der Waals surface area (Å²) in [4.78, 5) is 14.4. The van der Waals surface area contributed by atoms with Gasteiger partial charge >= 0.3 is 0 Å². The molecule has 1 fully saturated rings. The van der Waals surface area contributed by atoms with Crippen LogP contribution in [0.15, 0.2) is 12.3 Å². The van der Waals surface area contributed by atoms with Crippen LogP contribution in [0.25, 0.3) is 0 Å². The number of anilines is 1. The predicted octanol–water partition coefficient (Wildman–Crippen LogP) is 0.753. The van der Waals surface area contributed by atoms with Gasteiger partial charge in [0, 0.05) is 31.6 Å². The summed E-state index contributed by atoms with van der Waals surface area (Å²) in [5.41, 5.74) is 6.61. The summed E-state index contributed by atoms with van der Waals surface area (Å²) in [6.07, 6.45) is 3.69. The third-order valence-electron chi connectivity index (χ3n) is 2.81. The minimum absolute atomic E-state index is 0.101. The molecule has 1 aliphatic heterocycles. The monoisotopic (exact) mass is 223 g/mol. The summed E-state index contributed by atoms with van der Waals surface area (Å²) in [7, 11) is 0. The van der Waals surface area contributed by atoms with E-state index in [0.29, 0.717) is 23.8 Å². The molecule has 1 aromatic rings. The molecule has 0 aliphatic carbocycles. The molecule has 16 heavy (non-hydrogen) atoms. The number of nitrogens with one attached hydrogen (secondary N) is 2. The molecule has 0 spiro atoms. The van der Waals surface area contributed by atoms with E-state index < -0.39 is 0 Å². The van der Waals surface area contributed by atoms with Gasteiger partial charge in [0.2, 0.25) is 0 Å². The fourth-order valence-electron chi connectivity index (χ4n) is 1.84. The number of ether oxygens (including phenoxy) is 1. The molecule has 2 heterocycles. The quantitative estimate of drug-likeness (QED) is 0.704. The highest BCUT2D eigenvalue weighted by Gasteiger charge is 2.15. The molecule has 5 heteroatoms. The molecule has 1 amide bonds. The molecule has 1 aromatic heterocycles. The molecule has 4 N–H and O–H groups in total. The highest BCUT2D eigenvalue weighted by atomic mass is 16.5. The summed E-state index contributed by atoms with van der Waals surface area (Å²) in [6, 6.07) is 1.63. The lowest BCUT2D eigenvalue weighted by Gasteiger charge is -2.07. The molecule has 5 nitrogen and oxygen atoms in total. The molecule has 1 unspecified atom stereocenters. The van der Waals surface area contributed by atoms with Crippen LogP contribution < -0.4 is 11.1 Å². The summed E-state index contributed by atoms with van der Waals surface area (Å²) < 4.78 is 5.27. The lowest BCUT2D eigenvalue weighted by Crippen LogP contribution is -2.26. The van der Waals surface area contributed by atoms with Gasteiger partial charge in [0.25, 0.3) is 5.91 Å². The Kier molecular flexibility index (Phi) is 3.46. The van der Waals surface area contributed by atoms with E-state index in [0.717, 1.165) is 26.1 Å². The predicted molar refractivity (Wildman–Crippen MR) is 61.1 cm³/mol. The number of H-pyrrole nitrogens is 1. The second kappa shape index (κ2) is 5.03. The van der Waals surface area contributed by atoms with Crippen LogP contribution in [0.2, 0.25) is 0 Å². The highest BCUT2D eigenvalue weighted by Crippen LogP contribution is 2.15. The van der Waals surface area contributed by atoms with Gasteiger partial charge in [-0.05, 0) is 24.8 Å². The van der Waals surface area contributed by atoms with Gasteiger partial charge in [0.1, 0.15) is 5.69 Å². The average molecular weight is 223 g/mol. The maximum absolute atomic E-state index is 11.6. The molecular formula is C11H17N3O2. The zero-order chi connectivity index (χ0) is 11.4. The zero-order valence-corrected chi connectivity index (χ0v) is 9.16. The number of hydrogen-bond acceptors (Lipinski definition) is 3. The van der Waals surface area contributed by atoms with E-state index in [1.165, 1.54) is 0 Å². The van der Waals surface area contributed by atoms with E-state index in [4.69, 9.17) is 10.5 Å². The van der Waals surface area contributed by atoms with Gasteiger partial charge < -0.3 is 20.8 Å². The molecular weight excluding hydrogens is 206 g/mol. The fraction of sp³-hybridized carbons (Fsp3) is 0.545. The van der Waals surface area contributed by atoms with E-state index in [1.807, 2.05) is 0 Å². The van der Waals surface area contributed by atoms with Gasteiger partial charge in [0.15, 0.2) is 0 Å². The number of nitrogen functional groups attached to an aromatic ring is 1. The van der Waals surface area contributed by atoms with Gasteiger partial charge in [-0.2, -0.15) is 0 Å². The number of nitrogens with two attached hydrogens (primary N) is 1. The van der Waals surface area contributed by atoms with Gasteiger partial charge in [-0.25, -0.2) is 0 Å². The van der Waals surface area contributed by atoms with Gasteiger partial charge in [0.05, 0.1) is 0 Å². The Hall–Kier alpha value is -1.49. The summed E-state index contributed by atoms with van der Waals surface area (Å²) >= 11 is 0. The Labute approximate surface area is 94.4 Å².